The fourth-order valence-corrected chi connectivity index (χ4v) is 3.00. The van der Waals surface area contributed by atoms with E-state index in [4.69, 9.17) is 0 Å². The van der Waals surface area contributed by atoms with E-state index >= 15 is 0 Å². The van der Waals surface area contributed by atoms with Crippen LogP contribution in [0.2, 0.25) is 0 Å². The van der Waals surface area contributed by atoms with Crippen molar-refractivity contribution in [2.75, 3.05) is 0 Å². The Morgan fingerprint density at radius 3 is 2.69 bits per heavy atom. The zero-order chi connectivity index (χ0) is 11.0. The minimum absolute atomic E-state index is 0.450. The highest BCUT2D eigenvalue weighted by molar-refractivity contribution is 5.30. The van der Waals surface area contributed by atoms with Crippen LogP contribution in [0.4, 0.5) is 0 Å². The van der Waals surface area contributed by atoms with Crippen LogP contribution in [0.25, 0.3) is 0 Å². The number of rotatable bonds is 2. The number of aliphatic hydroxyl groups is 1. The highest BCUT2D eigenvalue weighted by Crippen LogP contribution is 2.55. The number of benzene rings is 1. The summed E-state index contributed by atoms with van der Waals surface area (Å²) in [7, 11) is 0. The van der Waals surface area contributed by atoms with E-state index in [1.165, 1.54) is 5.56 Å². The first-order valence-corrected chi connectivity index (χ1v) is 6.25. The summed E-state index contributed by atoms with van der Waals surface area (Å²) in [5.74, 6) is 1.03. The summed E-state index contributed by atoms with van der Waals surface area (Å²) in [4.78, 5) is 0. The van der Waals surface area contributed by atoms with Crippen LogP contribution in [0.1, 0.15) is 37.2 Å². The lowest BCUT2D eigenvalue weighted by atomic mass is 9.85. The summed E-state index contributed by atoms with van der Waals surface area (Å²) in [6.45, 7) is 0. The average molecular weight is 214 g/mol. The molecular formula is C15H18O. The van der Waals surface area contributed by atoms with Gasteiger partial charge in [-0.15, -0.1) is 0 Å². The molecule has 1 heteroatoms. The van der Waals surface area contributed by atoms with Gasteiger partial charge in [0.1, 0.15) is 0 Å². The van der Waals surface area contributed by atoms with Gasteiger partial charge < -0.3 is 5.11 Å². The first kappa shape index (κ1) is 10.1. The molecule has 0 spiro atoms. The molecule has 16 heavy (non-hydrogen) atoms. The first-order chi connectivity index (χ1) is 7.80. The first-order valence-electron chi connectivity index (χ1n) is 6.25. The second-order valence-electron chi connectivity index (χ2n) is 5.15. The van der Waals surface area contributed by atoms with Crippen LogP contribution in [-0.2, 0) is 0 Å². The maximum Gasteiger partial charge on any atom is 0.0861 e. The molecule has 1 nitrogen and oxygen atoms in total. The predicted molar refractivity (Wildman–Crippen MR) is 65.2 cm³/mol. The average Bonchev–Trinajstić information content (AvgIpc) is 3.12. The van der Waals surface area contributed by atoms with Crippen LogP contribution in [0, 0.1) is 5.92 Å². The minimum Gasteiger partial charge on any atom is -0.385 e. The highest BCUT2D eigenvalue weighted by atomic mass is 16.3. The Kier molecular flexibility index (Phi) is 2.36. The summed E-state index contributed by atoms with van der Waals surface area (Å²) in [6, 6.07) is 10.6. The van der Waals surface area contributed by atoms with E-state index in [1.807, 2.05) is 6.08 Å². The molecule has 0 aromatic heterocycles. The van der Waals surface area contributed by atoms with Crippen molar-refractivity contribution in [2.45, 2.75) is 37.2 Å². The van der Waals surface area contributed by atoms with E-state index in [1.54, 1.807) is 0 Å². The van der Waals surface area contributed by atoms with Crippen molar-refractivity contribution < 1.29 is 5.11 Å². The normalized spacial score (nSPS) is 37.3. The van der Waals surface area contributed by atoms with E-state index < -0.39 is 5.60 Å². The summed E-state index contributed by atoms with van der Waals surface area (Å²) in [5.41, 5.74) is 0.874. The molecule has 84 valence electrons. The van der Waals surface area contributed by atoms with Gasteiger partial charge in [0, 0.05) is 0 Å². The molecule has 1 saturated carbocycles. The van der Waals surface area contributed by atoms with Crippen LogP contribution >= 0.6 is 0 Å². The van der Waals surface area contributed by atoms with Gasteiger partial charge >= 0.3 is 0 Å². The van der Waals surface area contributed by atoms with Crippen LogP contribution in [0.5, 0.6) is 0 Å². The van der Waals surface area contributed by atoms with Crippen LogP contribution in [0.3, 0.4) is 0 Å². The molecule has 1 fully saturated rings. The van der Waals surface area contributed by atoms with Crippen molar-refractivity contribution in [2.24, 2.45) is 5.92 Å². The molecule has 0 radical (unpaired) electrons. The Morgan fingerprint density at radius 1 is 1.19 bits per heavy atom. The third-order valence-electron chi connectivity index (χ3n) is 4.01. The van der Waals surface area contributed by atoms with Gasteiger partial charge in [0.05, 0.1) is 5.60 Å². The molecule has 0 heterocycles. The Balaban J connectivity index is 1.76. The smallest absolute Gasteiger partial charge is 0.0861 e. The SMILES string of the molecule is OC1(C2CC2c2ccccc2)C=CCCC1. The zero-order valence-corrected chi connectivity index (χ0v) is 9.47. The van der Waals surface area contributed by atoms with Gasteiger partial charge in [-0.05, 0) is 43.1 Å². The minimum atomic E-state index is -0.515. The lowest BCUT2D eigenvalue weighted by molar-refractivity contribution is 0.0499. The van der Waals surface area contributed by atoms with Crippen LogP contribution in [-0.4, -0.2) is 10.7 Å². The molecule has 3 unspecified atom stereocenters. The molecule has 0 amide bonds. The Hall–Kier alpha value is -1.08. The standard InChI is InChI=1S/C15H18O/c16-15(9-5-2-6-10-15)14-11-13(14)12-7-3-1-4-8-12/h1,3-5,7-9,13-14,16H,2,6,10-11H2. The summed E-state index contributed by atoms with van der Waals surface area (Å²) < 4.78 is 0. The molecule has 1 N–H and O–H groups in total. The third-order valence-corrected chi connectivity index (χ3v) is 4.01. The quantitative estimate of drug-likeness (QED) is 0.749. The van der Waals surface area contributed by atoms with Gasteiger partial charge in [-0.2, -0.15) is 0 Å². The van der Waals surface area contributed by atoms with Gasteiger partial charge in [-0.1, -0.05) is 42.5 Å². The Morgan fingerprint density at radius 2 is 2.00 bits per heavy atom. The van der Waals surface area contributed by atoms with Gasteiger partial charge in [-0.3, -0.25) is 0 Å². The van der Waals surface area contributed by atoms with E-state index in [-0.39, 0.29) is 0 Å². The van der Waals surface area contributed by atoms with Crippen molar-refractivity contribution in [3.8, 4) is 0 Å². The largest absolute Gasteiger partial charge is 0.385 e. The molecule has 3 rings (SSSR count). The maximum absolute atomic E-state index is 10.6. The molecule has 0 bridgehead atoms. The van der Waals surface area contributed by atoms with Crippen molar-refractivity contribution in [1.82, 2.24) is 0 Å². The van der Waals surface area contributed by atoms with Crippen molar-refractivity contribution in [1.29, 1.82) is 0 Å². The second kappa shape index (κ2) is 3.74. The lowest BCUT2D eigenvalue weighted by Gasteiger charge is -2.28. The molecule has 2 aliphatic rings. The fraction of sp³-hybridized carbons (Fsp3) is 0.467. The van der Waals surface area contributed by atoms with E-state index in [2.05, 4.69) is 36.4 Å². The maximum atomic E-state index is 10.6. The van der Waals surface area contributed by atoms with Gasteiger partial charge in [-0.25, -0.2) is 0 Å². The predicted octanol–water partition coefficient (Wildman–Crippen LogP) is 3.26. The molecule has 2 aliphatic carbocycles. The fourth-order valence-electron chi connectivity index (χ4n) is 3.00. The second-order valence-corrected chi connectivity index (χ2v) is 5.15. The molecular weight excluding hydrogens is 196 g/mol. The third kappa shape index (κ3) is 1.69. The molecule has 1 aromatic rings. The lowest BCUT2D eigenvalue weighted by Crippen LogP contribution is -2.31. The van der Waals surface area contributed by atoms with Gasteiger partial charge in [0.15, 0.2) is 0 Å². The number of allylic oxidation sites excluding steroid dienone is 1. The van der Waals surface area contributed by atoms with E-state index in [9.17, 15) is 5.11 Å². The van der Waals surface area contributed by atoms with Gasteiger partial charge in [0.25, 0.3) is 0 Å². The number of hydrogen-bond acceptors (Lipinski definition) is 1. The summed E-state index contributed by atoms with van der Waals surface area (Å²) >= 11 is 0. The Labute approximate surface area is 96.8 Å². The van der Waals surface area contributed by atoms with Crippen molar-refractivity contribution in [3.05, 3.63) is 48.0 Å². The highest BCUT2D eigenvalue weighted by Gasteiger charge is 2.51. The number of hydrogen-bond donors (Lipinski definition) is 1. The summed E-state index contributed by atoms with van der Waals surface area (Å²) in [5, 5.41) is 10.6. The van der Waals surface area contributed by atoms with Gasteiger partial charge in [0.2, 0.25) is 0 Å². The molecule has 1 aromatic carbocycles. The van der Waals surface area contributed by atoms with Crippen molar-refractivity contribution >= 4 is 0 Å². The Bertz CT molecular complexity index is 395. The zero-order valence-electron chi connectivity index (χ0n) is 9.47. The summed E-state index contributed by atoms with van der Waals surface area (Å²) in [6.07, 6.45) is 8.53. The van der Waals surface area contributed by atoms with Crippen molar-refractivity contribution in [3.63, 3.8) is 0 Å². The van der Waals surface area contributed by atoms with E-state index in [0.29, 0.717) is 11.8 Å². The monoisotopic (exact) mass is 214 g/mol. The topological polar surface area (TPSA) is 20.2 Å². The van der Waals surface area contributed by atoms with Crippen LogP contribution < -0.4 is 0 Å². The molecule has 0 saturated heterocycles. The van der Waals surface area contributed by atoms with Crippen LogP contribution in [0.15, 0.2) is 42.5 Å². The molecule has 3 atom stereocenters. The molecule has 0 aliphatic heterocycles. The van der Waals surface area contributed by atoms with E-state index in [0.717, 1.165) is 25.7 Å².